The lowest BCUT2D eigenvalue weighted by atomic mass is 9.49. The van der Waals surface area contributed by atoms with Gasteiger partial charge in [-0.3, -0.25) is 4.79 Å². The molecule has 0 bridgehead atoms. The first-order chi connectivity index (χ1) is 14.7. The summed E-state index contributed by atoms with van der Waals surface area (Å²) in [5.74, 6) is 0.458. The molecule has 1 heterocycles. The van der Waals surface area contributed by atoms with Crippen LogP contribution < -0.4 is 0 Å². The smallest absolute Gasteiger partial charge is 0.312 e. The normalized spacial score (nSPS) is 27.0. The van der Waals surface area contributed by atoms with E-state index >= 15 is 0 Å². The lowest BCUT2D eigenvalue weighted by molar-refractivity contribution is -0.157. The van der Waals surface area contributed by atoms with E-state index in [0.29, 0.717) is 5.92 Å². The molecular weight excluding hydrogens is 382 g/mol. The zero-order valence-corrected chi connectivity index (χ0v) is 19.6. The second kappa shape index (κ2) is 6.72. The summed E-state index contributed by atoms with van der Waals surface area (Å²) < 4.78 is 5.40. The summed E-state index contributed by atoms with van der Waals surface area (Å²) in [6.07, 6.45) is 2.97. The molecule has 2 aromatic carbocycles. The van der Waals surface area contributed by atoms with Crippen LogP contribution >= 0.6 is 0 Å². The number of aromatic amines is 1. The number of para-hydroxylation sites is 1. The molecule has 0 radical (unpaired) electrons. The number of rotatable bonds is 2. The van der Waals surface area contributed by atoms with Crippen LogP contribution in [0.2, 0.25) is 0 Å². The number of fused-ring (bicyclic) bond motifs is 8. The van der Waals surface area contributed by atoms with Crippen LogP contribution in [0, 0.1) is 12.3 Å². The largest absolute Gasteiger partial charge is 0.469 e. The van der Waals surface area contributed by atoms with Crippen molar-refractivity contribution in [1.82, 2.24) is 4.98 Å². The Morgan fingerprint density at radius 3 is 2.65 bits per heavy atom. The molecule has 1 N–H and O–H groups in total. The molecule has 31 heavy (non-hydrogen) atoms. The molecule has 3 heteroatoms. The van der Waals surface area contributed by atoms with Gasteiger partial charge in [-0.1, -0.05) is 57.5 Å². The van der Waals surface area contributed by atoms with E-state index < -0.39 is 5.41 Å². The molecule has 0 spiro atoms. The van der Waals surface area contributed by atoms with Gasteiger partial charge in [-0.15, -0.1) is 0 Å². The number of carbonyl (C=O) groups is 1. The Balaban J connectivity index is 1.91. The second-order valence-electron chi connectivity index (χ2n) is 10.5. The highest BCUT2D eigenvalue weighted by molar-refractivity contribution is 5.97. The zero-order valence-electron chi connectivity index (χ0n) is 19.6. The van der Waals surface area contributed by atoms with Crippen LogP contribution in [0.15, 0.2) is 36.4 Å². The van der Waals surface area contributed by atoms with Crippen molar-refractivity contribution < 1.29 is 9.53 Å². The number of esters is 1. The Hall–Kier alpha value is -2.55. The molecule has 1 fully saturated rings. The summed E-state index contributed by atoms with van der Waals surface area (Å²) in [7, 11) is 1.53. The number of aryl methyl sites for hydroxylation is 1. The minimum Gasteiger partial charge on any atom is -0.469 e. The van der Waals surface area contributed by atoms with Gasteiger partial charge in [0, 0.05) is 27.8 Å². The molecule has 3 aromatic rings. The van der Waals surface area contributed by atoms with Crippen molar-refractivity contribution in [3.05, 3.63) is 58.7 Å². The maximum atomic E-state index is 13.2. The van der Waals surface area contributed by atoms with E-state index in [1.165, 1.54) is 51.5 Å². The van der Waals surface area contributed by atoms with E-state index in [9.17, 15) is 4.79 Å². The monoisotopic (exact) mass is 415 g/mol. The third kappa shape index (κ3) is 2.62. The molecule has 162 valence electrons. The number of ether oxygens (including phenoxy) is 1. The van der Waals surface area contributed by atoms with E-state index in [0.717, 1.165) is 19.3 Å². The maximum absolute atomic E-state index is 13.2. The van der Waals surface area contributed by atoms with Gasteiger partial charge in [-0.25, -0.2) is 0 Å². The number of methoxy groups -OCH3 is 1. The third-order valence-electron chi connectivity index (χ3n) is 8.28. The molecule has 3 nitrogen and oxygen atoms in total. The van der Waals surface area contributed by atoms with Gasteiger partial charge in [-0.2, -0.15) is 0 Å². The van der Waals surface area contributed by atoms with Crippen molar-refractivity contribution in [3.63, 3.8) is 0 Å². The summed E-state index contributed by atoms with van der Waals surface area (Å²) in [4.78, 5) is 17.0. The molecule has 1 saturated carbocycles. The summed E-state index contributed by atoms with van der Waals surface area (Å²) in [6.45, 7) is 11.2. The molecular formula is C28H33NO2. The number of benzene rings is 2. The highest BCUT2D eigenvalue weighted by atomic mass is 16.5. The molecule has 0 aliphatic heterocycles. The van der Waals surface area contributed by atoms with E-state index in [4.69, 9.17) is 4.74 Å². The fourth-order valence-electron chi connectivity index (χ4n) is 6.72. The van der Waals surface area contributed by atoms with Crippen molar-refractivity contribution >= 4 is 16.9 Å². The highest BCUT2D eigenvalue weighted by Crippen LogP contribution is 2.64. The first kappa shape index (κ1) is 20.4. The van der Waals surface area contributed by atoms with Crippen LogP contribution in [-0.2, 0) is 14.9 Å². The molecule has 5 rings (SSSR count). The lowest BCUT2D eigenvalue weighted by Gasteiger charge is -2.54. The average Bonchev–Trinajstić information content (AvgIpc) is 3.13. The fourth-order valence-corrected chi connectivity index (χ4v) is 6.72. The van der Waals surface area contributed by atoms with Crippen LogP contribution in [0.3, 0.4) is 0 Å². The summed E-state index contributed by atoms with van der Waals surface area (Å²) in [5, 5.41) is 1.25. The molecule has 3 atom stereocenters. The van der Waals surface area contributed by atoms with Gasteiger partial charge in [0.25, 0.3) is 0 Å². The van der Waals surface area contributed by atoms with Gasteiger partial charge in [-0.05, 0) is 60.9 Å². The Bertz CT molecular complexity index is 1200. The van der Waals surface area contributed by atoms with E-state index in [2.05, 4.69) is 76.0 Å². The van der Waals surface area contributed by atoms with Crippen LogP contribution in [0.5, 0.6) is 0 Å². The van der Waals surface area contributed by atoms with E-state index in [-0.39, 0.29) is 17.3 Å². The summed E-state index contributed by atoms with van der Waals surface area (Å²) in [5.41, 5.74) is 8.30. The van der Waals surface area contributed by atoms with Crippen molar-refractivity contribution in [1.29, 1.82) is 0 Å². The molecule has 2 aliphatic carbocycles. The molecule has 0 unspecified atom stereocenters. The van der Waals surface area contributed by atoms with Crippen LogP contribution in [0.4, 0.5) is 0 Å². The van der Waals surface area contributed by atoms with Crippen molar-refractivity contribution in [2.24, 2.45) is 5.41 Å². The van der Waals surface area contributed by atoms with Crippen molar-refractivity contribution in [2.75, 3.05) is 7.11 Å². The standard InChI is InChI=1S/C28H33NO2/c1-16(2)18-11-12-21-20(15-18)24-22(19-10-7-9-17(3)23(19)29-24)25-27(21,4)13-8-14-28(25,5)26(30)31-6/h7,9-12,15-16,25,29H,8,13-14H2,1-6H3/t25-,27-,28-/m1/s1. The number of aromatic nitrogens is 1. The van der Waals surface area contributed by atoms with Crippen LogP contribution in [0.25, 0.3) is 22.2 Å². The van der Waals surface area contributed by atoms with Crippen molar-refractivity contribution in [2.45, 2.75) is 71.1 Å². The van der Waals surface area contributed by atoms with Crippen LogP contribution in [0.1, 0.15) is 81.0 Å². The predicted octanol–water partition coefficient (Wildman–Crippen LogP) is 6.98. The first-order valence-electron chi connectivity index (χ1n) is 11.6. The Kier molecular flexibility index (Phi) is 4.41. The van der Waals surface area contributed by atoms with E-state index in [1.807, 2.05) is 0 Å². The number of hydrogen-bond donors (Lipinski definition) is 1. The first-order valence-corrected chi connectivity index (χ1v) is 11.6. The molecule has 1 aromatic heterocycles. The number of carbonyl (C=O) groups excluding carboxylic acids is 1. The SMILES string of the molecule is COC(=O)[C@]1(C)CCC[C@]2(C)c3ccc(C(C)C)cc3-c3[nH]c4c(C)cccc4c3[C@@H]12. The maximum Gasteiger partial charge on any atom is 0.312 e. The second-order valence-corrected chi connectivity index (χ2v) is 10.5. The van der Waals surface area contributed by atoms with Crippen molar-refractivity contribution in [3.8, 4) is 11.3 Å². The third-order valence-corrected chi connectivity index (χ3v) is 8.28. The number of nitrogens with one attached hydrogen (secondary N) is 1. The van der Waals surface area contributed by atoms with Gasteiger partial charge in [0.05, 0.1) is 18.2 Å². The fraction of sp³-hybridized carbons (Fsp3) is 0.464. The van der Waals surface area contributed by atoms with Gasteiger partial charge in [0.1, 0.15) is 0 Å². The lowest BCUT2D eigenvalue weighted by Crippen LogP contribution is -2.50. The number of hydrogen-bond acceptors (Lipinski definition) is 2. The minimum absolute atomic E-state index is 0.0733. The quantitative estimate of drug-likeness (QED) is 0.459. The van der Waals surface area contributed by atoms with Gasteiger partial charge >= 0.3 is 5.97 Å². The van der Waals surface area contributed by atoms with Gasteiger partial charge in [0.15, 0.2) is 0 Å². The molecule has 0 saturated heterocycles. The van der Waals surface area contributed by atoms with Gasteiger partial charge in [0.2, 0.25) is 0 Å². The Morgan fingerprint density at radius 1 is 1.16 bits per heavy atom. The molecule has 0 amide bonds. The van der Waals surface area contributed by atoms with Gasteiger partial charge < -0.3 is 9.72 Å². The Morgan fingerprint density at radius 2 is 1.94 bits per heavy atom. The Labute approximate surface area is 185 Å². The average molecular weight is 416 g/mol. The predicted molar refractivity (Wildman–Crippen MR) is 127 cm³/mol. The topological polar surface area (TPSA) is 42.1 Å². The highest BCUT2D eigenvalue weighted by Gasteiger charge is 2.58. The minimum atomic E-state index is -0.552. The molecule has 2 aliphatic rings. The van der Waals surface area contributed by atoms with Crippen LogP contribution in [-0.4, -0.2) is 18.1 Å². The number of H-pyrrole nitrogens is 1. The summed E-state index contributed by atoms with van der Waals surface area (Å²) >= 11 is 0. The summed E-state index contributed by atoms with van der Waals surface area (Å²) in [6, 6.07) is 13.5. The van der Waals surface area contributed by atoms with E-state index in [1.54, 1.807) is 0 Å². The zero-order chi connectivity index (χ0) is 22.1.